The minimum atomic E-state index is -0.527. The highest BCUT2D eigenvalue weighted by atomic mass is 16.2. The van der Waals surface area contributed by atoms with Gasteiger partial charge in [-0.3, -0.25) is 9.59 Å². The van der Waals surface area contributed by atoms with Crippen LogP contribution >= 0.6 is 0 Å². The second-order valence-electron chi connectivity index (χ2n) is 3.12. The topological polar surface area (TPSA) is 89.4 Å². The van der Waals surface area contributed by atoms with Crippen molar-refractivity contribution in [3.05, 3.63) is 0 Å². The van der Waals surface area contributed by atoms with E-state index in [0.29, 0.717) is 12.8 Å². The minimum Gasteiger partial charge on any atom is -0.368 e. The number of hydrogen-bond acceptors (Lipinski definition) is 3. The van der Waals surface area contributed by atoms with Gasteiger partial charge in [0, 0.05) is 19.5 Å². The number of piperidine rings is 1. The first kappa shape index (κ1) is 8.99. The summed E-state index contributed by atoms with van der Waals surface area (Å²) >= 11 is 0. The largest absolute Gasteiger partial charge is 0.368 e. The molecule has 0 aromatic heterocycles. The summed E-state index contributed by atoms with van der Waals surface area (Å²) in [5.74, 6) is -0.599. The molecule has 0 bridgehead atoms. The van der Waals surface area contributed by atoms with Crippen molar-refractivity contribution < 1.29 is 9.59 Å². The molecule has 0 aromatic carbocycles. The molecule has 68 valence electrons. The van der Waals surface area contributed by atoms with Gasteiger partial charge in [0.15, 0.2) is 0 Å². The van der Waals surface area contributed by atoms with E-state index in [0.717, 1.165) is 0 Å². The highest BCUT2D eigenvalue weighted by Gasteiger charge is 2.32. The van der Waals surface area contributed by atoms with Crippen LogP contribution in [0.15, 0.2) is 0 Å². The molecule has 0 aromatic rings. The van der Waals surface area contributed by atoms with Gasteiger partial charge in [-0.25, -0.2) is 0 Å². The van der Waals surface area contributed by atoms with Crippen molar-refractivity contribution in [3.63, 3.8) is 0 Å². The predicted molar refractivity (Wildman–Crippen MR) is 43.0 cm³/mol. The van der Waals surface area contributed by atoms with E-state index in [2.05, 4.69) is 0 Å². The van der Waals surface area contributed by atoms with Crippen LogP contribution in [0.3, 0.4) is 0 Å². The third-order valence-electron chi connectivity index (χ3n) is 2.15. The molecule has 0 radical (unpaired) electrons. The van der Waals surface area contributed by atoms with Crippen LogP contribution in [-0.2, 0) is 9.59 Å². The third-order valence-corrected chi connectivity index (χ3v) is 2.15. The Hall–Kier alpha value is -1.10. The molecule has 4 N–H and O–H groups in total. The zero-order valence-electron chi connectivity index (χ0n) is 6.99. The lowest BCUT2D eigenvalue weighted by Crippen LogP contribution is -2.53. The highest BCUT2D eigenvalue weighted by Crippen LogP contribution is 2.14. The predicted octanol–water partition coefficient (Wildman–Crippen LogP) is -1.58. The van der Waals surface area contributed by atoms with E-state index in [4.69, 9.17) is 11.5 Å². The maximum absolute atomic E-state index is 11.2. The minimum absolute atomic E-state index is 0.113. The average Bonchev–Trinajstić information content (AvgIpc) is 1.96. The van der Waals surface area contributed by atoms with Crippen LogP contribution < -0.4 is 11.5 Å². The third kappa shape index (κ3) is 1.55. The summed E-state index contributed by atoms with van der Waals surface area (Å²) in [5, 5.41) is 0. The number of likely N-dealkylation sites (N-methyl/N-ethyl adjacent to an activating group) is 1. The van der Waals surface area contributed by atoms with E-state index >= 15 is 0 Å². The number of carbonyl (C=O) groups is 2. The van der Waals surface area contributed by atoms with Crippen molar-refractivity contribution in [2.75, 3.05) is 7.05 Å². The van der Waals surface area contributed by atoms with Gasteiger partial charge in [-0.2, -0.15) is 0 Å². The van der Waals surface area contributed by atoms with E-state index in [-0.39, 0.29) is 11.9 Å². The summed E-state index contributed by atoms with van der Waals surface area (Å²) in [6, 6.07) is -0.757. The van der Waals surface area contributed by atoms with E-state index < -0.39 is 11.9 Å². The van der Waals surface area contributed by atoms with Gasteiger partial charge in [0.1, 0.15) is 6.04 Å². The second-order valence-corrected chi connectivity index (χ2v) is 3.12. The van der Waals surface area contributed by atoms with Crippen molar-refractivity contribution in [2.24, 2.45) is 11.5 Å². The fourth-order valence-corrected chi connectivity index (χ4v) is 1.38. The fraction of sp³-hybridized carbons (Fsp3) is 0.714. The Balaban J connectivity index is 2.73. The molecule has 1 saturated heterocycles. The van der Waals surface area contributed by atoms with Crippen molar-refractivity contribution >= 4 is 11.8 Å². The van der Waals surface area contributed by atoms with Gasteiger partial charge in [0.2, 0.25) is 11.8 Å². The van der Waals surface area contributed by atoms with E-state index in [1.54, 1.807) is 7.05 Å². The number of amides is 2. The summed E-state index contributed by atoms with van der Waals surface area (Å²) in [6.45, 7) is 0. The van der Waals surface area contributed by atoms with Gasteiger partial charge in [-0.05, 0) is 6.42 Å². The van der Waals surface area contributed by atoms with Crippen LogP contribution in [0.2, 0.25) is 0 Å². The molecule has 5 nitrogen and oxygen atoms in total. The summed E-state index contributed by atoms with van der Waals surface area (Å²) < 4.78 is 0. The lowest BCUT2D eigenvalue weighted by atomic mass is 9.97. The normalized spacial score (nSPS) is 30.5. The molecule has 2 amide bonds. The van der Waals surface area contributed by atoms with Gasteiger partial charge >= 0.3 is 0 Å². The number of primary amides is 1. The number of likely N-dealkylation sites (tertiary alicyclic amines) is 1. The quantitative estimate of drug-likeness (QED) is 0.499. The molecule has 2 atom stereocenters. The van der Waals surface area contributed by atoms with Gasteiger partial charge in [-0.15, -0.1) is 0 Å². The molecule has 2 unspecified atom stereocenters. The van der Waals surface area contributed by atoms with Crippen LogP contribution in [0, 0.1) is 0 Å². The molecule has 0 aliphatic carbocycles. The van der Waals surface area contributed by atoms with Crippen molar-refractivity contribution in [1.82, 2.24) is 4.90 Å². The lowest BCUT2D eigenvalue weighted by molar-refractivity contribution is -0.141. The first-order chi connectivity index (χ1) is 5.52. The lowest BCUT2D eigenvalue weighted by Gasteiger charge is -2.33. The fourth-order valence-electron chi connectivity index (χ4n) is 1.38. The van der Waals surface area contributed by atoms with Crippen molar-refractivity contribution in [3.8, 4) is 0 Å². The summed E-state index contributed by atoms with van der Waals surface area (Å²) in [5.41, 5.74) is 10.7. The Labute approximate surface area is 70.7 Å². The van der Waals surface area contributed by atoms with Gasteiger partial charge in [0.05, 0.1) is 0 Å². The number of nitrogens with zero attached hydrogens (tertiary/aromatic N) is 1. The van der Waals surface area contributed by atoms with E-state index in [1.165, 1.54) is 4.90 Å². The van der Waals surface area contributed by atoms with Crippen molar-refractivity contribution in [2.45, 2.75) is 24.9 Å². The molecule has 1 heterocycles. The number of rotatable bonds is 1. The zero-order valence-corrected chi connectivity index (χ0v) is 6.99. The van der Waals surface area contributed by atoms with Gasteiger partial charge in [-0.1, -0.05) is 0 Å². The van der Waals surface area contributed by atoms with Crippen LogP contribution in [0.1, 0.15) is 12.8 Å². The Morgan fingerprint density at radius 3 is 2.75 bits per heavy atom. The van der Waals surface area contributed by atoms with Crippen LogP contribution in [0.4, 0.5) is 0 Å². The van der Waals surface area contributed by atoms with Gasteiger partial charge in [0.25, 0.3) is 0 Å². The molecule has 5 heteroatoms. The molecule has 1 fully saturated rings. The van der Waals surface area contributed by atoms with Crippen LogP contribution in [0.25, 0.3) is 0 Å². The van der Waals surface area contributed by atoms with Crippen LogP contribution in [-0.4, -0.2) is 35.8 Å². The first-order valence-corrected chi connectivity index (χ1v) is 3.83. The molecular formula is C7H13N3O2. The number of nitrogens with two attached hydrogens (primary N) is 2. The molecular weight excluding hydrogens is 158 g/mol. The number of hydrogen-bond donors (Lipinski definition) is 2. The first-order valence-electron chi connectivity index (χ1n) is 3.83. The summed E-state index contributed by atoms with van der Waals surface area (Å²) in [4.78, 5) is 23.4. The average molecular weight is 171 g/mol. The standard InChI is InChI=1S/C7H13N3O2/c1-10-5(7(9)12)2-4(8)3-6(10)11/h4-5H,2-3,8H2,1H3,(H2,9,12). The Morgan fingerprint density at radius 2 is 2.25 bits per heavy atom. The second kappa shape index (κ2) is 3.10. The molecule has 1 aliphatic heterocycles. The molecule has 0 spiro atoms. The number of carbonyl (C=O) groups excluding carboxylic acids is 2. The molecule has 12 heavy (non-hydrogen) atoms. The van der Waals surface area contributed by atoms with E-state index in [9.17, 15) is 9.59 Å². The maximum atomic E-state index is 11.2. The van der Waals surface area contributed by atoms with Crippen LogP contribution in [0.5, 0.6) is 0 Å². The van der Waals surface area contributed by atoms with E-state index in [1.807, 2.05) is 0 Å². The summed E-state index contributed by atoms with van der Waals surface area (Å²) in [6.07, 6.45) is 0.776. The zero-order chi connectivity index (χ0) is 9.30. The monoisotopic (exact) mass is 171 g/mol. The Bertz CT molecular complexity index is 217. The van der Waals surface area contributed by atoms with Gasteiger partial charge < -0.3 is 16.4 Å². The Morgan fingerprint density at radius 1 is 1.67 bits per heavy atom. The van der Waals surface area contributed by atoms with Crippen molar-refractivity contribution in [1.29, 1.82) is 0 Å². The Kier molecular flexibility index (Phi) is 2.32. The molecule has 0 saturated carbocycles. The highest BCUT2D eigenvalue weighted by molar-refractivity contribution is 5.88. The SMILES string of the molecule is CN1C(=O)CC(N)CC1C(N)=O. The summed E-state index contributed by atoms with van der Waals surface area (Å²) in [7, 11) is 1.57. The maximum Gasteiger partial charge on any atom is 0.240 e. The molecule has 1 aliphatic rings. The molecule has 1 rings (SSSR count). The smallest absolute Gasteiger partial charge is 0.240 e.